The molecule has 0 bridgehead atoms. The molecule has 12 heteroatoms. The maximum Gasteiger partial charge on any atom is 0.325 e. The second kappa shape index (κ2) is 11.1. The van der Waals surface area contributed by atoms with Gasteiger partial charge in [-0.1, -0.05) is 0 Å². The van der Waals surface area contributed by atoms with Gasteiger partial charge in [0, 0.05) is 6.42 Å². The zero-order valence-electron chi connectivity index (χ0n) is 15.3. The van der Waals surface area contributed by atoms with E-state index in [0.717, 1.165) is 0 Å². The summed E-state index contributed by atoms with van der Waals surface area (Å²) in [4.78, 5) is 57.6. The van der Waals surface area contributed by atoms with Crippen molar-refractivity contribution < 1.29 is 39.3 Å². The Kier molecular flexibility index (Phi) is 9.96. The van der Waals surface area contributed by atoms with Crippen LogP contribution in [0.3, 0.4) is 0 Å². The lowest BCUT2D eigenvalue weighted by molar-refractivity contribution is -0.141. The van der Waals surface area contributed by atoms with E-state index in [-0.39, 0.29) is 6.42 Å². The Hall–Kier alpha value is -2.73. The van der Waals surface area contributed by atoms with E-state index in [2.05, 4.69) is 16.0 Å². The lowest BCUT2D eigenvalue weighted by Gasteiger charge is -2.23. The van der Waals surface area contributed by atoms with Gasteiger partial charge in [-0.3, -0.25) is 24.0 Å². The third-order valence-corrected chi connectivity index (χ3v) is 3.58. The standard InChI is InChI=1S/C15H26N4O8/c1-6(12(23)18-7(2)15(26)27)17-13(24)9(4-5-10(21)22)19-14(25)11(16)8(3)20/h6-9,11,20H,4-5,16H2,1-3H3,(H,17,24)(H,18,23)(H,19,25)(H,21,22)(H,26,27). The van der Waals surface area contributed by atoms with Crippen LogP contribution in [0.5, 0.6) is 0 Å². The molecular weight excluding hydrogens is 364 g/mol. The molecule has 0 saturated heterocycles. The molecule has 0 saturated carbocycles. The van der Waals surface area contributed by atoms with Crippen LogP contribution in [0.1, 0.15) is 33.6 Å². The topological polar surface area (TPSA) is 208 Å². The lowest BCUT2D eigenvalue weighted by Crippen LogP contribution is -2.57. The first-order chi connectivity index (χ1) is 12.4. The molecule has 5 unspecified atom stereocenters. The number of aliphatic hydroxyl groups excluding tert-OH is 1. The van der Waals surface area contributed by atoms with Crippen molar-refractivity contribution in [3.63, 3.8) is 0 Å². The molecule has 0 fully saturated rings. The van der Waals surface area contributed by atoms with Crippen molar-refractivity contribution in [2.45, 2.75) is 63.9 Å². The van der Waals surface area contributed by atoms with Gasteiger partial charge in [-0.05, 0) is 27.2 Å². The molecular formula is C15H26N4O8. The number of nitrogens with two attached hydrogens (primary N) is 1. The highest BCUT2D eigenvalue weighted by atomic mass is 16.4. The summed E-state index contributed by atoms with van der Waals surface area (Å²) in [6.45, 7) is 3.80. The second-order valence-electron chi connectivity index (χ2n) is 6.06. The Bertz CT molecular complexity index is 580. The molecule has 0 aliphatic heterocycles. The van der Waals surface area contributed by atoms with Crippen LogP contribution in [0.2, 0.25) is 0 Å². The van der Waals surface area contributed by atoms with E-state index in [1.54, 1.807) is 0 Å². The number of carbonyl (C=O) groups excluding carboxylic acids is 3. The predicted molar refractivity (Wildman–Crippen MR) is 91.3 cm³/mol. The summed E-state index contributed by atoms with van der Waals surface area (Å²) in [7, 11) is 0. The van der Waals surface area contributed by atoms with Crippen molar-refractivity contribution in [1.29, 1.82) is 0 Å². The summed E-state index contributed by atoms with van der Waals surface area (Å²) < 4.78 is 0. The number of carbonyl (C=O) groups is 5. The van der Waals surface area contributed by atoms with Gasteiger partial charge in [-0.15, -0.1) is 0 Å². The van der Waals surface area contributed by atoms with Crippen molar-refractivity contribution in [3.8, 4) is 0 Å². The Balaban J connectivity index is 5.01. The third kappa shape index (κ3) is 8.96. The number of nitrogens with one attached hydrogen (secondary N) is 3. The van der Waals surface area contributed by atoms with Gasteiger partial charge in [0.25, 0.3) is 0 Å². The van der Waals surface area contributed by atoms with E-state index in [1.165, 1.54) is 20.8 Å². The van der Waals surface area contributed by atoms with Crippen molar-refractivity contribution >= 4 is 29.7 Å². The Morgan fingerprint density at radius 2 is 1.37 bits per heavy atom. The van der Waals surface area contributed by atoms with Crippen LogP contribution in [0.25, 0.3) is 0 Å². The molecule has 8 N–H and O–H groups in total. The Labute approximate surface area is 155 Å². The van der Waals surface area contributed by atoms with E-state index >= 15 is 0 Å². The van der Waals surface area contributed by atoms with Gasteiger partial charge in [-0.2, -0.15) is 0 Å². The van der Waals surface area contributed by atoms with Crippen molar-refractivity contribution in [2.24, 2.45) is 5.73 Å². The van der Waals surface area contributed by atoms with Crippen LogP contribution >= 0.6 is 0 Å². The second-order valence-corrected chi connectivity index (χ2v) is 6.06. The average Bonchev–Trinajstić information content (AvgIpc) is 2.56. The monoisotopic (exact) mass is 390 g/mol. The highest BCUT2D eigenvalue weighted by Gasteiger charge is 2.28. The first-order valence-electron chi connectivity index (χ1n) is 8.16. The minimum absolute atomic E-state index is 0.278. The predicted octanol–water partition coefficient (Wildman–Crippen LogP) is -2.86. The van der Waals surface area contributed by atoms with Gasteiger partial charge in [0.1, 0.15) is 24.2 Å². The highest BCUT2D eigenvalue weighted by Crippen LogP contribution is 2.01. The maximum atomic E-state index is 12.3. The number of carboxylic acid groups (broad SMARTS) is 2. The molecule has 0 rings (SSSR count). The summed E-state index contributed by atoms with van der Waals surface area (Å²) in [5, 5.41) is 33.5. The fourth-order valence-electron chi connectivity index (χ4n) is 1.80. The number of aliphatic carboxylic acids is 2. The number of aliphatic hydroxyl groups is 1. The van der Waals surface area contributed by atoms with Gasteiger partial charge < -0.3 is 37.0 Å². The zero-order valence-corrected chi connectivity index (χ0v) is 15.3. The van der Waals surface area contributed by atoms with Gasteiger partial charge >= 0.3 is 11.9 Å². The minimum Gasteiger partial charge on any atom is -0.481 e. The zero-order chi connectivity index (χ0) is 21.3. The Morgan fingerprint density at radius 1 is 0.852 bits per heavy atom. The quantitative estimate of drug-likeness (QED) is 0.193. The van der Waals surface area contributed by atoms with Gasteiger partial charge in [-0.25, -0.2) is 0 Å². The number of carboxylic acids is 2. The van der Waals surface area contributed by atoms with Crippen LogP contribution in [-0.2, 0) is 24.0 Å². The van der Waals surface area contributed by atoms with Crippen molar-refractivity contribution in [2.75, 3.05) is 0 Å². The molecule has 0 aromatic rings. The molecule has 0 aliphatic carbocycles. The summed E-state index contributed by atoms with van der Waals surface area (Å²) in [5.41, 5.74) is 5.47. The number of amides is 3. The molecule has 3 amide bonds. The molecule has 0 heterocycles. The fourth-order valence-corrected chi connectivity index (χ4v) is 1.80. The van der Waals surface area contributed by atoms with E-state index < -0.39 is 66.4 Å². The molecule has 0 spiro atoms. The van der Waals surface area contributed by atoms with Crippen molar-refractivity contribution in [1.82, 2.24) is 16.0 Å². The number of hydrogen-bond donors (Lipinski definition) is 7. The summed E-state index contributed by atoms with van der Waals surface area (Å²) in [6.07, 6.45) is -1.92. The normalized spacial score (nSPS) is 16.2. The highest BCUT2D eigenvalue weighted by molar-refractivity contribution is 5.94. The molecule has 5 atom stereocenters. The largest absolute Gasteiger partial charge is 0.481 e. The van der Waals surface area contributed by atoms with Crippen LogP contribution in [-0.4, -0.2) is 75.3 Å². The van der Waals surface area contributed by atoms with Crippen molar-refractivity contribution in [3.05, 3.63) is 0 Å². The SMILES string of the molecule is CC(NC(=O)C(C)NC(=O)C(CCC(=O)O)NC(=O)C(N)C(C)O)C(=O)O. The Morgan fingerprint density at radius 3 is 1.81 bits per heavy atom. The first-order valence-corrected chi connectivity index (χ1v) is 8.16. The smallest absolute Gasteiger partial charge is 0.325 e. The van der Waals surface area contributed by atoms with Crippen LogP contribution in [0, 0.1) is 0 Å². The first kappa shape index (κ1) is 24.3. The summed E-state index contributed by atoms with van der Waals surface area (Å²) >= 11 is 0. The van der Waals surface area contributed by atoms with E-state index in [0.29, 0.717) is 0 Å². The number of hydrogen-bond acceptors (Lipinski definition) is 7. The minimum atomic E-state index is -1.33. The van der Waals surface area contributed by atoms with Crippen LogP contribution in [0.15, 0.2) is 0 Å². The molecule has 12 nitrogen and oxygen atoms in total. The average molecular weight is 390 g/mol. The van der Waals surface area contributed by atoms with E-state index in [4.69, 9.17) is 15.9 Å². The molecule has 0 aromatic carbocycles. The van der Waals surface area contributed by atoms with E-state index in [9.17, 15) is 29.1 Å². The molecule has 0 aromatic heterocycles. The van der Waals surface area contributed by atoms with Crippen LogP contribution in [0.4, 0.5) is 0 Å². The van der Waals surface area contributed by atoms with Gasteiger partial charge in [0.2, 0.25) is 17.7 Å². The summed E-state index contributed by atoms with van der Waals surface area (Å²) in [5.74, 6) is -4.97. The fraction of sp³-hybridized carbons (Fsp3) is 0.667. The molecule has 154 valence electrons. The van der Waals surface area contributed by atoms with Crippen LogP contribution < -0.4 is 21.7 Å². The third-order valence-electron chi connectivity index (χ3n) is 3.58. The van der Waals surface area contributed by atoms with Gasteiger partial charge in [0.15, 0.2) is 0 Å². The van der Waals surface area contributed by atoms with Gasteiger partial charge in [0.05, 0.1) is 6.10 Å². The van der Waals surface area contributed by atoms with E-state index in [1.807, 2.05) is 0 Å². The number of rotatable bonds is 11. The maximum absolute atomic E-state index is 12.3. The molecule has 0 radical (unpaired) electrons. The molecule has 27 heavy (non-hydrogen) atoms. The summed E-state index contributed by atoms with van der Waals surface area (Å²) in [6, 6.07) is -4.97. The lowest BCUT2D eigenvalue weighted by atomic mass is 10.1. The molecule has 0 aliphatic rings.